The fourth-order valence-electron chi connectivity index (χ4n) is 4.46. The number of alkyl carbamates (subject to hydrolysis) is 1. The number of hydrogen-bond donors (Lipinski definition) is 3. The number of aliphatic hydroxyl groups excluding tert-OH is 1. The standard InChI is InChI=1S/C26H33N3O6/c1-28(2)14-17(30)15-29(3)25(33)23(12-13-24(31)32)27-26(34)35-16-22-20-10-6-4-8-18(20)19-9-5-7-11-21(19)22/h4-11,17,22-23,30H,12-16H2,1-3H3,(H,27,34)(H,31,32). The number of carbonyl (C=O) groups is 3. The molecule has 2 aromatic rings. The highest BCUT2D eigenvalue weighted by atomic mass is 16.5. The molecule has 2 atom stereocenters. The molecule has 1 aliphatic rings. The summed E-state index contributed by atoms with van der Waals surface area (Å²) in [5, 5.41) is 21.8. The van der Waals surface area contributed by atoms with E-state index in [0.29, 0.717) is 6.54 Å². The van der Waals surface area contributed by atoms with Crippen molar-refractivity contribution in [3.63, 3.8) is 0 Å². The number of ether oxygens (including phenoxy) is 1. The van der Waals surface area contributed by atoms with Crippen LogP contribution in [-0.4, -0.2) is 91.0 Å². The minimum atomic E-state index is -1.08. The Morgan fingerprint density at radius 2 is 1.54 bits per heavy atom. The Morgan fingerprint density at radius 3 is 2.09 bits per heavy atom. The van der Waals surface area contributed by atoms with Gasteiger partial charge in [0.25, 0.3) is 0 Å². The second-order valence-corrected chi connectivity index (χ2v) is 9.09. The van der Waals surface area contributed by atoms with Crippen LogP contribution in [0.1, 0.15) is 29.9 Å². The Labute approximate surface area is 205 Å². The van der Waals surface area contributed by atoms with Crippen molar-refractivity contribution < 1.29 is 29.3 Å². The summed E-state index contributed by atoms with van der Waals surface area (Å²) in [6, 6.07) is 14.8. The van der Waals surface area contributed by atoms with Gasteiger partial charge in [0.1, 0.15) is 12.6 Å². The minimum absolute atomic E-state index is 0.0486. The molecule has 0 heterocycles. The summed E-state index contributed by atoms with van der Waals surface area (Å²) in [7, 11) is 5.12. The number of rotatable bonds is 11. The first-order valence-corrected chi connectivity index (χ1v) is 11.6. The van der Waals surface area contributed by atoms with Crippen LogP contribution in [0, 0.1) is 0 Å². The largest absolute Gasteiger partial charge is 0.481 e. The van der Waals surface area contributed by atoms with E-state index in [0.717, 1.165) is 22.3 Å². The first-order chi connectivity index (χ1) is 16.7. The van der Waals surface area contributed by atoms with Gasteiger partial charge in [0, 0.05) is 32.5 Å². The summed E-state index contributed by atoms with van der Waals surface area (Å²) in [6.45, 7) is 0.487. The lowest BCUT2D eigenvalue weighted by Gasteiger charge is -2.27. The van der Waals surface area contributed by atoms with E-state index in [2.05, 4.69) is 5.32 Å². The third-order valence-electron chi connectivity index (χ3n) is 6.02. The third kappa shape index (κ3) is 6.80. The Kier molecular flexibility index (Phi) is 8.84. The van der Waals surface area contributed by atoms with Gasteiger partial charge in [0.2, 0.25) is 5.91 Å². The van der Waals surface area contributed by atoms with Crippen LogP contribution in [0.3, 0.4) is 0 Å². The van der Waals surface area contributed by atoms with Crippen molar-refractivity contribution in [1.29, 1.82) is 0 Å². The molecule has 2 aromatic carbocycles. The molecule has 1 aliphatic carbocycles. The van der Waals surface area contributed by atoms with Crippen LogP contribution >= 0.6 is 0 Å². The van der Waals surface area contributed by atoms with Gasteiger partial charge in [0.15, 0.2) is 0 Å². The maximum Gasteiger partial charge on any atom is 0.407 e. The molecule has 0 fully saturated rings. The average molecular weight is 484 g/mol. The predicted molar refractivity (Wildman–Crippen MR) is 131 cm³/mol. The van der Waals surface area contributed by atoms with Crippen LogP contribution in [0.5, 0.6) is 0 Å². The highest BCUT2D eigenvalue weighted by Gasteiger charge is 2.30. The molecule has 9 nitrogen and oxygen atoms in total. The molecule has 0 radical (unpaired) electrons. The molecule has 0 aromatic heterocycles. The molecule has 3 N–H and O–H groups in total. The molecule has 2 unspecified atom stereocenters. The first-order valence-electron chi connectivity index (χ1n) is 11.6. The van der Waals surface area contributed by atoms with Crippen LogP contribution in [0.2, 0.25) is 0 Å². The van der Waals surface area contributed by atoms with E-state index in [4.69, 9.17) is 9.84 Å². The minimum Gasteiger partial charge on any atom is -0.481 e. The zero-order chi connectivity index (χ0) is 25.5. The molecule has 0 saturated heterocycles. The zero-order valence-corrected chi connectivity index (χ0v) is 20.3. The number of fused-ring (bicyclic) bond motifs is 3. The van der Waals surface area contributed by atoms with Crippen LogP contribution < -0.4 is 5.32 Å². The number of nitrogens with one attached hydrogen (secondary N) is 1. The highest BCUT2D eigenvalue weighted by molar-refractivity contribution is 5.86. The smallest absolute Gasteiger partial charge is 0.407 e. The molecule has 2 amide bonds. The van der Waals surface area contributed by atoms with Gasteiger partial charge in [-0.3, -0.25) is 9.59 Å². The monoisotopic (exact) mass is 483 g/mol. The van der Waals surface area contributed by atoms with E-state index in [1.807, 2.05) is 48.5 Å². The number of aliphatic carboxylic acids is 1. The molecule has 9 heteroatoms. The SMILES string of the molecule is CN(C)CC(O)CN(C)C(=O)C(CCC(=O)O)NC(=O)OCC1c2ccccc2-c2ccccc21. The highest BCUT2D eigenvalue weighted by Crippen LogP contribution is 2.44. The second kappa shape index (κ2) is 11.8. The van der Waals surface area contributed by atoms with E-state index in [1.54, 1.807) is 19.0 Å². The molecule has 0 bridgehead atoms. The number of carboxylic acids is 1. The van der Waals surface area contributed by atoms with E-state index in [-0.39, 0.29) is 31.9 Å². The summed E-state index contributed by atoms with van der Waals surface area (Å²) in [5.41, 5.74) is 4.33. The topological polar surface area (TPSA) is 119 Å². The van der Waals surface area contributed by atoms with Crippen molar-refractivity contribution in [2.45, 2.75) is 30.9 Å². The van der Waals surface area contributed by atoms with Crippen molar-refractivity contribution in [2.75, 3.05) is 40.8 Å². The number of carboxylic acid groups (broad SMARTS) is 1. The third-order valence-corrected chi connectivity index (χ3v) is 6.02. The second-order valence-electron chi connectivity index (χ2n) is 9.09. The fraction of sp³-hybridized carbons (Fsp3) is 0.423. The van der Waals surface area contributed by atoms with Crippen molar-refractivity contribution in [3.8, 4) is 11.1 Å². The molecule has 0 aliphatic heterocycles. The van der Waals surface area contributed by atoms with Gasteiger partial charge < -0.3 is 30.1 Å². The van der Waals surface area contributed by atoms with Crippen molar-refractivity contribution in [1.82, 2.24) is 15.1 Å². The van der Waals surface area contributed by atoms with Gasteiger partial charge in [-0.15, -0.1) is 0 Å². The summed E-state index contributed by atoms with van der Waals surface area (Å²) in [6.07, 6.45) is -1.97. The van der Waals surface area contributed by atoms with Gasteiger partial charge in [-0.2, -0.15) is 0 Å². The van der Waals surface area contributed by atoms with Gasteiger partial charge in [0.05, 0.1) is 6.10 Å². The summed E-state index contributed by atoms with van der Waals surface area (Å²) < 4.78 is 5.52. The Balaban J connectivity index is 1.65. The van der Waals surface area contributed by atoms with Crippen LogP contribution in [0.15, 0.2) is 48.5 Å². The maximum atomic E-state index is 12.9. The average Bonchev–Trinajstić information content (AvgIpc) is 3.13. The zero-order valence-electron chi connectivity index (χ0n) is 20.3. The lowest BCUT2D eigenvalue weighted by Crippen LogP contribution is -2.50. The van der Waals surface area contributed by atoms with Gasteiger partial charge in [-0.05, 0) is 42.8 Å². The van der Waals surface area contributed by atoms with Gasteiger partial charge in [-0.1, -0.05) is 48.5 Å². The molecular weight excluding hydrogens is 450 g/mol. The predicted octanol–water partition coefficient (Wildman–Crippen LogP) is 2.14. The first kappa shape index (κ1) is 26.2. The van der Waals surface area contributed by atoms with Gasteiger partial charge >= 0.3 is 12.1 Å². The number of benzene rings is 2. The van der Waals surface area contributed by atoms with Crippen molar-refractivity contribution >= 4 is 18.0 Å². The molecule has 0 saturated carbocycles. The van der Waals surface area contributed by atoms with E-state index < -0.39 is 30.1 Å². The Hall–Kier alpha value is -3.43. The number of likely N-dealkylation sites (N-methyl/N-ethyl adjacent to an activating group) is 2. The lowest BCUT2D eigenvalue weighted by molar-refractivity contribution is -0.138. The number of amides is 2. The Bertz CT molecular complexity index is 1010. The summed E-state index contributed by atoms with van der Waals surface area (Å²) >= 11 is 0. The van der Waals surface area contributed by atoms with Crippen LogP contribution in [0.25, 0.3) is 11.1 Å². The van der Waals surface area contributed by atoms with Crippen LogP contribution in [0.4, 0.5) is 4.79 Å². The summed E-state index contributed by atoms with van der Waals surface area (Å²) in [4.78, 5) is 39.8. The van der Waals surface area contributed by atoms with E-state index >= 15 is 0 Å². The molecule has 188 valence electrons. The molecule has 35 heavy (non-hydrogen) atoms. The number of aliphatic hydroxyl groups is 1. The Morgan fingerprint density at radius 1 is 0.971 bits per heavy atom. The van der Waals surface area contributed by atoms with Crippen molar-refractivity contribution in [2.24, 2.45) is 0 Å². The lowest BCUT2D eigenvalue weighted by atomic mass is 9.98. The molecule has 3 rings (SSSR count). The molecule has 0 spiro atoms. The fourth-order valence-corrected chi connectivity index (χ4v) is 4.46. The normalized spacial score (nSPS) is 14.1. The van der Waals surface area contributed by atoms with Crippen molar-refractivity contribution in [3.05, 3.63) is 59.7 Å². The number of carbonyl (C=O) groups excluding carboxylic acids is 2. The quantitative estimate of drug-likeness (QED) is 0.448. The summed E-state index contributed by atoms with van der Waals surface area (Å²) in [5.74, 6) is -1.70. The van der Waals surface area contributed by atoms with E-state index in [1.165, 1.54) is 11.9 Å². The number of hydrogen-bond acceptors (Lipinski definition) is 6. The maximum absolute atomic E-state index is 12.9. The number of nitrogens with zero attached hydrogens (tertiary/aromatic N) is 2. The van der Waals surface area contributed by atoms with Gasteiger partial charge in [-0.25, -0.2) is 4.79 Å². The molecular formula is C26H33N3O6. The van der Waals surface area contributed by atoms with Crippen LogP contribution in [-0.2, 0) is 14.3 Å². The van der Waals surface area contributed by atoms with E-state index in [9.17, 15) is 19.5 Å².